The maximum absolute atomic E-state index is 10.8. The molecular weight excluding hydrogens is 344 g/mol. The number of hydrogen-bond acceptors (Lipinski definition) is 2. The van der Waals surface area contributed by atoms with Crippen LogP contribution in [0.25, 0.3) is 11.1 Å². The van der Waals surface area contributed by atoms with Gasteiger partial charge in [0.05, 0.1) is 0 Å². The SMILES string of the molecule is CCCCc1cc(-c2cc(CCCC)c(O)c(CCCC)c2)cc(CC)c1O. The van der Waals surface area contributed by atoms with Gasteiger partial charge in [0.2, 0.25) is 0 Å². The van der Waals surface area contributed by atoms with Gasteiger partial charge in [-0.25, -0.2) is 0 Å². The van der Waals surface area contributed by atoms with Gasteiger partial charge in [0.1, 0.15) is 11.5 Å². The fraction of sp³-hybridized carbons (Fsp3) is 0.538. The van der Waals surface area contributed by atoms with Crippen molar-refractivity contribution in [2.45, 2.75) is 91.9 Å². The lowest BCUT2D eigenvalue weighted by Gasteiger charge is -2.16. The molecule has 0 radical (unpaired) electrons. The summed E-state index contributed by atoms with van der Waals surface area (Å²) in [7, 11) is 0. The molecule has 0 fully saturated rings. The van der Waals surface area contributed by atoms with Crippen molar-refractivity contribution in [1.82, 2.24) is 0 Å². The average Bonchev–Trinajstić information content (AvgIpc) is 2.71. The minimum Gasteiger partial charge on any atom is -0.507 e. The van der Waals surface area contributed by atoms with Crippen LogP contribution in [0.1, 0.15) is 88.5 Å². The van der Waals surface area contributed by atoms with Crippen molar-refractivity contribution in [3.05, 3.63) is 46.5 Å². The zero-order valence-corrected chi connectivity index (χ0v) is 18.3. The summed E-state index contributed by atoms with van der Waals surface area (Å²) in [5.41, 5.74) is 6.52. The maximum atomic E-state index is 10.8. The number of aromatic hydroxyl groups is 2. The van der Waals surface area contributed by atoms with Crippen molar-refractivity contribution in [3.63, 3.8) is 0 Å². The average molecular weight is 383 g/mol. The van der Waals surface area contributed by atoms with E-state index in [9.17, 15) is 10.2 Å². The molecule has 2 heteroatoms. The van der Waals surface area contributed by atoms with Gasteiger partial charge in [0.15, 0.2) is 0 Å². The molecule has 2 nitrogen and oxygen atoms in total. The highest BCUT2D eigenvalue weighted by Crippen LogP contribution is 2.36. The van der Waals surface area contributed by atoms with Crippen molar-refractivity contribution >= 4 is 0 Å². The summed E-state index contributed by atoms with van der Waals surface area (Å²) in [6, 6.07) is 8.61. The van der Waals surface area contributed by atoms with Crippen LogP contribution in [0.2, 0.25) is 0 Å². The van der Waals surface area contributed by atoms with Crippen molar-refractivity contribution in [3.8, 4) is 22.6 Å². The molecule has 0 aliphatic rings. The van der Waals surface area contributed by atoms with E-state index in [0.717, 1.165) is 92.0 Å². The maximum Gasteiger partial charge on any atom is 0.121 e. The van der Waals surface area contributed by atoms with E-state index in [1.54, 1.807) is 0 Å². The molecule has 0 aliphatic carbocycles. The summed E-state index contributed by atoms with van der Waals surface area (Å²) in [5.74, 6) is 0.960. The Kier molecular flexibility index (Phi) is 8.89. The van der Waals surface area contributed by atoms with Crippen LogP contribution in [-0.2, 0) is 25.7 Å². The third kappa shape index (κ3) is 5.53. The van der Waals surface area contributed by atoms with E-state index >= 15 is 0 Å². The third-order valence-electron chi connectivity index (χ3n) is 5.65. The van der Waals surface area contributed by atoms with Gasteiger partial charge in [-0.1, -0.05) is 47.0 Å². The van der Waals surface area contributed by atoms with E-state index in [-0.39, 0.29) is 0 Å². The van der Waals surface area contributed by atoms with Crippen LogP contribution in [0.5, 0.6) is 11.5 Å². The van der Waals surface area contributed by atoms with Gasteiger partial charge < -0.3 is 10.2 Å². The molecule has 0 heterocycles. The number of phenols is 2. The van der Waals surface area contributed by atoms with Gasteiger partial charge in [-0.3, -0.25) is 0 Å². The van der Waals surface area contributed by atoms with Gasteiger partial charge >= 0.3 is 0 Å². The normalized spacial score (nSPS) is 11.1. The molecule has 0 aromatic heterocycles. The third-order valence-corrected chi connectivity index (χ3v) is 5.65. The molecule has 2 rings (SSSR count). The topological polar surface area (TPSA) is 40.5 Å². The van der Waals surface area contributed by atoms with Crippen LogP contribution >= 0.6 is 0 Å². The minimum absolute atomic E-state index is 0.468. The first kappa shape index (κ1) is 22.3. The summed E-state index contributed by atoms with van der Waals surface area (Å²) < 4.78 is 0. The number of unbranched alkanes of at least 4 members (excludes halogenated alkanes) is 3. The van der Waals surface area contributed by atoms with Crippen molar-refractivity contribution in [1.29, 1.82) is 0 Å². The number of phenolic OH excluding ortho intramolecular Hbond substituents is 2. The summed E-state index contributed by atoms with van der Waals surface area (Å²) in [5, 5.41) is 21.4. The Hall–Kier alpha value is -1.96. The number of aryl methyl sites for hydroxylation is 4. The second kappa shape index (κ2) is 11.1. The molecule has 28 heavy (non-hydrogen) atoms. The fourth-order valence-electron chi connectivity index (χ4n) is 3.80. The largest absolute Gasteiger partial charge is 0.507 e. The van der Waals surface area contributed by atoms with Crippen molar-refractivity contribution in [2.24, 2.45) is 0 Å². The molecular formula is C26H38O2. The van der Waals surface area contributed by atoms with Gasteiger partial charge in [-0.15, -0.1) is 0 Å². The van der Waals surface area contributed by atoms with Crippen LogP contribution in [0.15, 0.2) is 24.3 Å². The highest BCUT2D eigenvalue weighted by molar-refractivity contribution is 5.70. The Morgan fingerprint density at radius 1 is 0.536 bits per heavy atom. The smallest absolute Gasteiger partial charge is 0.121 e. The van der Waals surface area contributed by atoms with E-state index in [1.165, 1.54) is 5.56 Å². The van der Waals surface area contributed by atoms with Crippen LogP contribution in [0, 0.1) is 0 Å². The molecule has 0 saturated heterocycles. The lowest BCUT2D eigenvalue weighted by atomic mass is 9.91. The summed E-state index contributed by atoms with van der Waals surface area (Å²) in [6.07, 6.45) is 10.2. The molecule has 0 atom stereocenters. The summed E-state index contributed by atoms with van der Waals surface area (Å²) in [6.45, 7) is 8.65. The van der Waals surface area contributed by atoms with Gasteiger partial charge in [-0.2, -0.15) is 0 Å². The van der Waals surface area contributed by atoms with Gasteiger partial charge in [-0.05, 0) is 103 Å². The monoisotopic (exact) mass is 382 g/mol. The Labute approximate surface area is 171 Å². The molecule has 0 saturated carbocycles. The first-order valence-corrected chi connectivity index (χ1v) is 11.2. The van der Waals surface area contributed by atoms with E-state index in [4.69, 9.17) is 0 Å². The quantitative estimate of drug-likeness (QED) is 0.426. The molecule has 0 bridgehead atoms. The Balaban J connectivity index is 2.54. The number of hydrogen-bond donors (Lipinski definition) is 2. The Morgan fingerprint density at radius 2 is 0.857 bits per heavy atom. The Bertz CT molecular complexity index is 732. The van der Waals surface area contributed by atoms with Gasteiger partial charge in [0, 0.05) is 0 Å². The summed E-state index contributed by atoms with van der Waals surface area (Å²) in [4.78, 5) is 0. The van der Waals surface area contributed by atoms with Crippen LogP contribution in [0.4, 0.5) is 0 Å². The lowest BCUT2D eigenvalue weighted by molar-refractivity contribution is 0.458. The predicted octanol–water partition coefficient (Wildman–Crippen LogP) is 7.36. The van der Waals surface area contributed by atoms with E-state index in [0.29, 0.717) is 11.5 Å². The molecule has 0 amide bonds. The molecule has 2 aromatic rings. The van der Waals surface area contributed by atoms with E-state index in [1.807, 2.05) is 0 Å². The molecule has 2 aromatic carbocycles. The lowest BCUT2D eigenvalue weighted by Crippen LogP contribution is -1.97. The number of benzene rings is 2. The highest BCUT2D eigenvalue weighted by Gasteiger charge is 2.14. The first-order valence-electron chi connectivity index (χ1n) is 11.2. The zero-order chi connectivity index (χ0) is 20.5. The molecule has 0 aliphatic heterocycles. The Morgan fingerprint density at radius 3 is 1.18 bits per heavy atom. The summed E-state index contributed by atoms with van der Waals surface area (Å²) >= 11 is 0. The molecule has 0 spiro atoms. The van der Waals surface area contributed by atoms with Crippen LogP contribution < -0.4 is 0 Å². The van der Waals surface area contributed by atoms with Crippen LogP contribution in [-0.4, -0.2) is 10.2 Å². The first-order chi connectivity index (χ1) is 13.5. The van der Waals surface area contributed by atoms with Gasteiger partial charge in [0.25, 0.3) is 0 Å². The molecule has 154 valence electrons. The zero-order valence-electron chi connectivity index (χ0n) is 18.3. The van der Waals surface area contributed by atoms with Crippen LogP contribution in [0.3, 0.4) is 0 Å². The predicted molar refractivity (Wildman–Crippen MR) is 120 cm³/mol. The second-order valence-corrected chi connectivity index (χ2v) is 7.95. The molecule has 2 N–H and O–H groups in total. The molecule has 0 unspecified atom stereocenters. The minimum atomic E-state index is 0.468. The van der Waals surface area contributed by atoms with E-state index < -0.39 is 0 Å². The number of rotatable bonds is 11. The standard InChI is InChI=1S/C26H38O2/c1-5-9-12-20-16-23(15-19(8-4)25(20)27)24-17-21(13-10-6-2)26(28)22(18-24)14-11-7-3/h15-18,27-28H,5-14H2,1-4H3. The highest BCUT2D eigenvalue weighted by atomic mass is 16.3. The van der Waals surface area contributed by atoms with Crippen molar-refractivity contribution in [2.75, 3.05) is 0 Å². The van der Waals surface area contributed by atoms with Crippen molar-refractivity contribution < 1.29 is 10.2 Å². The second-order valence-electron chi connectivity index (χ2n) is 7.95. The van der Waals surface area contributed by atoms with E-state index in [2.05, 4.69) is 52.0 Å². The fourth-order valence-corrected chi connectivity index (χ4v) is 3.80.